The van der Waals surface area contributed by atoms with Crippen LogP contribution in [0.15, 0.2) is 0 Å². The summed E-state index contributed by atoms with van der Waals surface area (Å²) < 4.78 is 11.2. The van der Waals surface area contributed by atoms with Crippen molar-refractivity contribution in [2.24, 2.45) is 17.8 Å². The van der Waals surface area contributed by atoms with Crippen molar-refractivity contribution in [3.8, 4) is 0 Å². The van der Waals surface area contributed by atoms with Crippen molar-refractivity contribution < 1.29 is 19.4 Å². The van der Waals surface area contributed by atoms with Gasteiger partial charge in [-0.25, -0.2) is 0 Å². The smallest absolute Gasteiger partial charge is 0.306 e. The van der Waals surface area contributed by atoms with Crippen LogP contribution >= 0.6 is 0 Å². The van der Waals surface area contributed by atoms with E-state index in [9.17, 15) is 9.90 Å². The summed E-state index contributed by atoms with van der Waals surface area (Å²) in [6.45, 7) is 0. The van der Waals surface area contributed by atoms with Gasteiger partial charge in [0, 0.05) is 0 Å². The number of unbranched alkanes of at least 4 members (excludes halogenated alkanes) is 2. The maximum atomic E-state index is 11.6. The molecule has 4 heteroatoms. The molecule has 4 aliphatic rings. The lowest BCUT2D eigenvalue weighted by Crippen LogP contribution is -2.22. The molecule has 0 amide bonds. The maximum Gasteiger partial charge on any atom is 0.306 e. The van der Waals surface area contributed by atoms with Gasteiger partial charge in [0.25, 0.3) is 0 Å². The van der Waals surface area contributed by atoms with Gasteiger partial charge in [-0.05, 0) is 63.2 Å². The van der Waals surface area contributed by atoms with Crippen molar-refractivity contribution in [1.29, 1.82) is 0 Å². The SMILES string of the molecule is O=C(O)C(CCCCCC1CCC2OC2C1)CC1CCC2OC2C1. The first-order chi connectivity index (χ1) is 11.7. The molecule has 2 heterocycles. The molecule has 7 unspecified atom stereocenters. The second kappa shape index (κ2) is 7.33. The Morgan fingerprint density at radius 3 is 2.21 bits per heavy atom. The van der Waals surface area contributed by atoms with E-state index in [1.54, 1.807) is 0 Å². The predicted octanol–water partition coefficient (Wildman–Crippen LogP) is 4.16. The Morgan fingerprint density at radius 2 is 1.54 bits per heavy atom. The number of carboxylic acids is 1. The van der Waals surface area contributed by atoms with E-state index >= 15 is 0 Å². The number of aliphatic carboxylic acids is 1. The zero-order chi connectivity index (χ0) is 16.5. The van der Waals surface area contributed by atoms with Crippen molar-refractivity contribution >= 4 is 5.97 Å². The van der Waals surface area contributed by atoms with Gasteiger partial charge >= 0.3 is 5.97 Å². The van der Waals surface area contributed by atoms with Crippen molar-refractivity contribution in [3.05, 3.63) is 0 Å². The molecular weight excluding hydrogens is 304 g/mol. The van der Waals surface area contributed by atoms with Crippen LogP contribution in [0.25, 0.3) is 0 Å². The van der Waals surface area contributed by atoms with Crippen LogP contribution in [0.5, 0.6) is 0 Å². The standard InChI is InChI=1S/C20H32O4/c21-20(22)15(10-14-7-9-17-19(12-14)24-17)5-3-1-2-4-13-6-8-16-18(11-13)23-16/h13-19H,1-12H2,(H,21,22). The lowest BCUT2D eigenvalue weighted by molar-refractivity contribution is -0.142. The fourth-order valence-electron chi connectivity index (χ4n) is 5.19. The van der Waals surface area contributed by atoms with E-state index in [1.807, 2.05) is 0 Å². The number of hydrogen-bond donors (Lipinski definition) is 1. The van der Waals surface area contributed by atoms with Crippen molar-refractivity contribution in [2.45, 2.75) is 101 Å². The molecule has 4 rings (SSSR count). The average Bonchev–Trinajstić information content (AvgIpc) is 3.46. The van der Waals surface area contributed by atoms with Crippen molar-refractivity contribution in [1.82, 2.24) is 0 Å². The van der Waals surface area contributed by atoms with E-state index in [-0.39, 0.29) is 5.92 Å². The number of fused-ring (bicyclic) bond motifs is 2. The highest BCUT2D eigenvalue weighted by molar-refractivity contribution is 5.69. The monoisotopic (exact) mass is 336 g/mol. The third kappa shape index (κ3) is 4.32. The fraction of sp³-hybridized carbons (Fsp3) is 0.950. The normalized spacial score (nSPS) is 41.2. The first-order valence-corrected chi connectivity index (χ1v) is 10.2. The Morgan fingerprint density at radius 1 is 0.875 bits per heavy atom. The van der Waals surface area contributed by atoms with Crippen LogP contribution < -0.4 is 0 Å². The molecule has 0 aromatic carbocycles. The zero-order valence-corrected chi connectivity index (χ0v) is 14.7. The van der Waals surface area contributed by atoms with Crippen LogP contribution in [0, 0.1) is 17.8 Å². The predicted molar refractivity (Wildman–Crippen MR) is 90.8 cm³/mol. The van der Waals surface area contributed by atoms with Crippen molar-refractivity contribution in [3.63, 3.8) is 0 Å². The summed E-state index contributed by atoms with van der Waals surface area (Å²) in [5.74, 6) is 0.708. The second-order valence-electron chi connectivity index (χ2n) is 8.69. The third-order valence-corrected chi connectivity index (χ3v) is 6.86. The molecular formula is C20H32O4. The summed E-state index contributed by atoms with van der Waals surface area (Å²) in [7, 11) is 0. The van der Waals surface area contributed by atoms with Gasteiger partial charge in [-0.1, -0.05) is 25.7 Å². The Balaban J connectivity index is 1.10. The average molecular weight is 336 g/mol. The van der Waals surface area contributed by atoms with E-state index in [0.717, 1.165) is 44.4 Å². The van der Waals surface area contributed by atoms with Gasteiger partial charge < -0.3 is 14.6 Å². The maximum absolute atomic E-state index is 11.6. The lowest BCUT2D eigenvalue weighted by Gasteiger charge is -2.23. The van der Waals surface area contributed by atoms with Gasteiger partial charge in [0.15, 0.2) is 0 Å². The molecule has 7 atom stereocenters. The quantitative estimate of drug-likeness (QED) is 0.507. The number of carbonyl (C=O) groups is 1. The molecule has 1 N–H and O–H groups in total. The lowest BCUT2D eigenvalue weighted by atomic mass is 9.81. The summed E-state index contributed by atoms with van der Waals surface area (Å²) in [5.41, 5.74) is 0. The van der Waals surface area contributed by atoms with E-state index in [2.05, 4.69) is 0 Å². The van der Waals surface area contributed by atoms with Crippen LogP contribution in [0.1, 0.15) is 77.0 Å². The highest BCUT2D eigenvalue weighted by atomic mass is 16.6. The minimum Gasteiger partial charge on any atom is -0.481 e. The molecule has 24 heavy (non-hydrogen) atoms. The molecule has 4 fully saturated rings. The summed E-state index contributed by atoms with van der Waals surface area (Å²) in [6.07, 6.45) is 16.0. The number of epoxide rings is 2. The van der Waals surface area contributed by atoms with Gasteiger partial charge in [0.1, 0.15) is 0 Å². The van der Waals surface area contributed by atoms with Gasteiger partial charge in [-0.2, -0.15) is 0 Å². The van der Waals surface area contributed by atoms with Gasteiger partial charge in [-0.3, -0.25) is 4.79 Å². The number of rotatable bonds is 9. The minimum atomic E-state index is -0.585. The van der Waals surface area contributed by atoms with Gasteiger partial charge in [-0.15, -0.1) is 0 Å². The number of hydrogen-bond acceptors (Lipinski definition) is 3. The molecule has 4 nitrogen and oxygen atoms in total. The molecule has 0 bridgehead atoms. The van der Waals surface area contributed by atoms with Crippen LogP contribution in [-0.2, 0) is 14.3 Å². The molecule has 0 radical (unpaired) electrons. The third-order valence-electron chi connectivity index (χ3n) is 6.86. The van der Waals surface area contributed by atoms with Crippen LogP contribution in [0.4, 0.5) is 0 Å². The van der Waals surface area contributed by atoms with Gasteiger partial charge in [0.2, 0.25) is 0 Å². The molecule has 2 saturated heterocycles. The molecule has 2 aliphatic carbocycles. The number of carboxylic acid groups (broad SMARTS) is 1. The molecule has 0 spiro atoms. The van der Waals surface area contributed by atoms with E-state index in [0.29, 0.717) is 30.3 Å². The van der Waals surface area contributed by atoms with Crippen LogP contribution in [0.3, 0.4) is 0 Å². The van der Waals surface area contributed by atoms with Gasteiger partial charge in [0.05, 0.1) is 30.3 Å². The van der Waals surface area contributed by atoms with Crippen LogP contribution in [0.2, 0.25) is 0 Å². The molecule has 0 aromatic heterocycles. The summed E-state index contributed by atoms with van der Waals surface area (Å²) >= 11 is 0. The first-order valence-electron chi connectivity index (χ1n) is 10.2. The minimum absolute atomic E-state index is 0.138. The highest BCUT2D eigenvalue weighted by Crippen LogP contribution is 2.42. The largest absolute Gasteiger partial charge is 0.481 e. The van der Waals surface area contributed by atoms with Crippen LogP contribution in [-0.4, -0.2) is 35.5 Å². The highest BCUT2D eigenvalue weighted by Gasteiger charge is 2.44. The Hall–Kier alpha value is -0.610. The first kappa shape index (κ1) is 16.8. The topological polar surface area (TPSA) is 62.4 Å². The Kier molecular flexibility index (Phi) is 5.14. The Labute approximate surface area is 145 Å². The summed E-state index contributed by atoms with van der Waals surface area (Å²) in [4.78, 5) is 11.6. The van der Waals surface area contributed by atoms with E-state index in [1.165, 1.54) is 38.5 Å². The Bertz CT molecular complexity index is 451. The van der Waals surface area contributed by atoms with E-state index < -0.39 is 5.97 Å². The second-order valence-corrected chi connectivity index (χ2v) is 8.69. The summed E-state index contributed by atoms with van der Waals surface area (Å²) in [6, 6.07) is 0. The number of ether oxygens (including phenoxy) is 2. The zero-order valence-electron chi connectivity index (χ0n) is 14.7. The van der Waals surface area contributed by atoms with Crippen molar-refractivity contribution in [2.75, 3.05) is 0 Å². The fourth-order valence-corrected chi connectivity index (χ4v) is 5.19. The molecule has 2 aliphatic heterocycles. The summed E-state index contributed by atoms with van der Waals surface area (Å²) in [5, 5.41) is 9.53. The molecule has 2 saturated carbocycles. The molecule has 0 aromatic rings. The van der Waals surface area contributed by atoms with E-state index in [4.69, 9.17) is 9.47 Å². The molecule has 136 valence electrons.